The summed E-state index contributed by atoms with van der Waals surface area (Å²) in [7, 11) is 0. The van der Waals surface area contributed by atoms with Crippen LogP contribution in [0.4, 0.5) is 16.2 Å². The molecule has 1 aliphatic rings. The van der Waals surface area contributed by atoms with Gasteiger partial charge in [-0.2, -0.15) is 0 Å². The molecule has 1 heterocycles. The van der Waals surface area contributed by atoms with Gasteiger partial charge in [0.05, 0.1) is 21.3 Å². The Bertz CT molecular complexity index is 1090. The minimum absolute atomic E-state index is 0.00640. The van der Waals surface area contributed by atoms with Gasteiger partial charge in [0.1, 0.15) is 0 Å². The first kappa shape index (κ1) is 20.5. The van der Waals surface area contributed by atoms with Gasteiger partial charge in [-0.3, -0.25) is 34.7 Å². The third kappa shape index (κ3) is 4.27. The minimum atomic E-state index is -0.766. The summed E-state index contributed by atoms with van der Waals surface area (Å²) in [5.41, 5.74) is -0.141. The number of nitro benzene ring substituents is 2. The van der Waals surface area contributed by atoms with Crippen LogP contribution < -0.4 is 0 Å². The number of carbonyl (C=O) groups is 2. The Labute approximate surface area is 175 Å². The molecule has 1 aliphatic heterocycles. The monoisotopic (exact) mass is 479 g/mol. The van der Waals surface area contributed by atoms with E-state index in [1.807, 2.05) is 0 Å². The van der Waals surface area contributed by atoms with Crippen LogP contribution in [0, 0.1) is 20.2 Å². The number of hydrogen-bond donors (Lipinski definition) is 1. The number of imide groups is 1. The van der Waals surface area contributed by atoms with Crippen molar-refractivity contribution in [2.24, 2.45) is 0 Å². The summed E-state index contributed by atoms with van der Waals surface area (Å²) in [5.74, 6) is -1.26. The van der Waals surface area contributed by atoms with Crippen molar-refractivity contribution in [2.45, 2.75) is 6.54 Å². The first-order valence-electron chi connectivity index (χ1n) is 7.83. The number of nitrogens with zero attached hydrogens (tertiary/aromatic N) is 3. The SMILES string of the molecule is O=C1S/C(=C\c2cc(Br)cc([N+](=O)[O-])c2O)C(=O)N1Cc1ccc([N+](=O)[O-])cc1. The molecule has 29 heavy (non-hydrogen) atoms. The lowest BCUT2D eigenvalue weighted by atomic mass is 10.1. The molecule has 0 radical (unpaired) electrons. The van der Waals surface area contributed by atoms with Crippen molar-refractivity contribution in [1.29, 1.82) is 0 Å². The first-order valence-corrected chi connectivity index (χ1v) is 9.44. The summed E-state index contributed by atoms with van der Waals surface area (Å²) in [4.78, 5) is 46.2. The molecular formula is C17H10BrN3O7S. The Kier molecular flexibility index (Phi) is 5.66. The molecule has 0 spiro atoms. The van der Waals surface area contributed by atoms with Gasteiger partial charge < -0.3 is 5.11 Å². The number of phenolic OH excluding ortho intramolecular Hbond substituents is 1. The highest BCUT2D eigenvalue weighted by atomic mass is 79.9. The summed E-state index contributed by atoms with van der Waals surface area (Å²) < 4.78 is 0.318. The van der Waals surface area contributed by atoms with Gasteiger partial charge in [-0.1, -0.05) is 28.1 Å². The van der Waals surface area contributed by atoms with Crippen LogP contribution in [-0.4, -0.2) is 31.0 Å². The molecular weight excluding hydrogens is 470 g/mol. The molecule has 2 aromatic rings. The van der Waals surface area contributed by atoms with Crippen molar-refractivity contribution in [3.8, 4) is 5.75 Å². The first-order chi connectivity index (χ1) is 13.7. The number of halogens is 1. The average Bonchev–Trinajstić information content (AvgIpc) is 2.92. The molecule has 1 saturated heterocycles. The third-order valence-electron chi connectivity index (χ3n) is 3.93. The van der Waals surface area contributed by atoms with E-state index < -0.39 is 32.4 Å². The van der Waals surface area contributed by atoms with Gasteiger partial charge in [0.25, 0.3) is 16.8 Å². The second-order valence-electron chi connectivity index (χ2n) is 5.81. The molecule has 1 N–H and O–H groups in total. The number of rotatable bonds is 5. The van der Waals surface area contributed by atoms with E-state index in [-0.39, 0.29) is 22.7 Å². The van der Waals surface area contributed by atoms with Gasteiger partial charge in [-0.05, 0) is 29.5 Å². The van der Waals surface area contributed by atoms with E-state index in [9.17, 15) is 34.9 Å². The topological polar surface area (TPSA) is 144 Å². The van der Waals surface area contributed by atoms with E-state index in [0.29, 0.717) is 21.8 Å². The standard InChI is InChI=1S/C17H10BrN3O7S/c18-11-5-10(15(22)13(7-11)21(27)28)6-14-16(23)19(17(24)29-14)8-9-1-3-12(4-2-9)20(25)26/h1-7,22H,8H2/b14-6-. The highest BCUT2D eigenvalue weighted by Gasteiger charge is 2.35. The molecule has 0 bridgehead atoms. The van der Waals surface area contributed by atoms with Crippen molar-refractivity contribution < 1.29 is 24.5 Å². The molecule has 0 unspecified atom stereocenters. The molecule has 1 fully saturated rings. The second kappa shape index (κ2) is 8.01. The Morgan fingerprint density at radius 2 is 1.76 bits per heavy atom. The van der Waals surface area contributed by atoms with E-state index in [1.165, 1.54) is 36.4 Å². The van der Waals surface area contributed by atoms with Crippen LogP contribution in [0.1, 0.15) is 11.1 Å². The molecule has 0 saturated carbocycles. The average molecular weight is 480 g/mol. The number of amides is 2. The zero-order chi connectivity index (χ0) is 21.3. The quantitative estimate of drug-likeness (QED) is 0.381. The van der Waals surface area contributed by atoms with Crippen molar-refractivity contribution in [3.05, 3.63) is 77.1 Å². The van der Waals surface area contributed by atoms with Gasteiger partial charge in [0, 0.05) is 28.2 Å². The summed E-state index contributed by atoms with van der Waals surface area (Å²) in [6, 6.07) is 7.91. The maximum Gasteiger partial charge on any atom is 0.312 e. The minimum Gasteiger partial charge on any atom is -0.502 e. The third-order valence-corrected chi connectivity index (χ3v) is 5.29. The number of non-ortho nitro benzene ring substituents is 1. The normalized spacial score (nSPS) is 15.2. The van der Waals surface area contributed by atoms with Gasteiger partial charge in [-0.25, -0.2) is 0 Å². The lowest BCUT2D eigenvalue weighted by Crippen LogP contribution is -2.27. The van der Waals surface area contributed by atoms with Crippen LogP contribution in [0.5, 0.6) is 5.75 Å². The van der Waals surface area contributed by atoms with Gasteiger partial charge >= 0.3 is 5.69 Å². The number of thioether (sulfide) groups is 1. The van der Waals surface area contributed by atoms with E-state index in [4.69, 9.17) is 0 Å². The van der Waals surface area contributed by atoms with Crippen LogP contribution in [0.2, 0.25) is 0 Å². The predicted molar refractivity (Wildman–Crippen MR) is 107 cm³/mol. The summed E-state index contributed by atoms with van der Waals surface area (Å²) in [5, 5.41) is 31.3. The van der Waals surface area contributed by atoms with Gasteiger partial charge in [0.2, 0.25) is 5.75 Å². The molecule has 0 atom stereocenters. The largest absolute Gasteiger partial charge is 0.502 e. The van der Waals surface area contributed by atoms with Crippen LogP contribution in [-0.2, 0) is 11.3 Å². The van der Waals surface area contributed by atoms with E-state index in [1.54, 1.807) is 0 Å². The van der Waals surface area contributed by atoms with Crippen LogP contribution in [0.15, 0.2) is 45.8 Å². The van der Waals surface area contributed by atoms with Gasteiger partial charge in [0.15, 0.2) is 0 Å². The van der Waals surface area contributed by atoms with Crippen LogP contribution in [0.3, 0.4) is 0 Å². The number of aromatic hydroxyl groups is 1. The van der Waals surface area contributed by atoms with E-state index in [0.717, 1.165) is 11.0 Å². The molecule has 0 aliphatic carbocycles. The smallest absolute Gasteiger partial charge is 0.312 e. The van der Waals surface area contributed by atoms with Gasteiger partial charge in [-0.15, -0.1) is 0 Å². The van der Waals surface area contributed by atoms with Crippen molar-refractivity contribution in [3.63, 3.8) is 0 Å². The Morgan fingerprint density at radius 1 is 1.10 bits per heavy atom. The fourth-order valence-electron chi connectivity index (χ4n) is 2.54. The molecule has 0 aromatic heterocycles. The van der Waals surface area contributed by atoms with Crippen molar-refractivity contribution in [1.82, 2.24) is 4.90 Å². The van der Waals surface area contributed by atoms with Crippen LogP contribution in [0.25, 0.3) is 6.08 Å². The number of benzene rings is 2. The fraction of sp³-hybridized carbons (Fsp3) is 0.0588. The molecule has 2 amide bonds. The van der Waals surface area contributed by atoms with E-state index >= 15 is 0 Å². The predicted octanol–water partition coefficient (Wildman–Crippen LogP) is 4.21. The van der Waals surface area contributed by atoms with Crippen molar-refractivity contribution in [2.75, 3.05) is 0 Å². The Morgan fingerprint density at radius 3 is 2.34 bits per heavy atom. The Balaban J connectivity index is 1.87. The number of phenols is 1. The highest BCUT2D eigenvalue weighted by molar-refractivity contribution is 9.10. The molecule has 3 rings (SSSR count). The summed E-state index contributed by atoms with van der Waals surface area (Å²) in [6.45, 7) is -0.0926. The zero-order valence-electron chi connectivity index (χ0n) is 14.3. The molecule has 12 heteroatoms. The number of nitro groups is 2. The lowest BCUT2D eigenvalue weighted by molar-refractivity contribution is -0.386. The Hall–Kier alpha value is -3.25. The van der Waals surface area contributed by atoms with Crippen molar-refractivity contribution >= 4 is 56.3 Å². The maximum absolute atomic E-state index is 12.6. The van der Waals surface area contributed by atoms with Crippen LogP contribution >= 0.6 is 27.7 Å². The van der Waals surface area contributed by atoms with E-state index in [2.05, 4.69) is 15.9 Å². The number of carbonyl (C=O) groups excluding carboxylic acids is 2. The second-order valence-corrected chi connectivity index (χ2v) is 7.72. The lowest BCUT2D eigenvalue weighted by Gasteiger charge is -2.12. The number of hydrogen-bond acceptors (Lipinski definition) is 8. The summed E-state index contributed by atoms with van der Waals surface area (Å²) in [6.07, 6.45) is 1.20. The molecule has 148 valence electrons. The zero-order valence-corrected chi connectivity index (χ0v) is 16.7. The fourth-order valence-corrected chi connectivity index (χ4v) is 3.83. The molecule has 2 aromatic carbocycles. The highest BCUT2D eigenvalue weighted by Crippen LogP contribution is 2.38. The molecule has 10 nitrogen and oxygen atoms in total. The summed E-state index contributed by atoms with van der Waals surface area (Å²) >= 11 is 3.73. The maximum atomic E-state index is 12.6.